The van der Waals surface area contributed by atoms with Crippen LogP contribution in [0.2, 0.25) is 0 Å². The zero-order chi connectivity index (χ0) is 13.1. The van der Waals surface area contributed by atoms with E-state index in [0.29, 0.717) is 6.54 Å². The summed E-state index contributed by atoms with van der Waals surface area (Å²) in [5, 5.41) is 4.85. The van der Waals surface area contributed by atoms with Crippen LogP contribution >= 0.6 is 11.3 Å². The van der Waals surface area contributed by atoms with Crippen molar-refractivity contribution in [3.63, 3.8) is 0 Å². The van der Waals surface area contributed by atoms with Crippen LogP contribution in [0.25, 0.3) is 0 Å². The molecule has 0 saturated carbocycles. The Labute approximate surface area is 116 Å². The molecule has 0 bridgehead atoms. The van der Waals surface area contributed by atoms with Gasteiger partial charge in [0, 0.05) is 6.54 Å². The molecule has 1 N–H and O–H groups in total. The van der Waals surface area contributed by atoms with Gasteiger partial charge in [0.05, 0.1) is 11.5 Å². The van der Waals surface area contributed by atoms with Crippen LogP contribution in [-0.4, -0.2) is 12.5 Å². The van der Waals surface area contributed by atoms with Gasteiger partial charge in [-0.25, -0.2) is 0 Å². The number of fused-ring (bicyclic) bond motifs is 1. The summed E-state index contributed by atoms with van der Waals surface area (Å²) in [4.78, 5) is 12.6. The number of carbonyl (C=O) groups is 1. The molecule has 0 radical (unpaired) electrons. The lowest BCUT2D eigenvalue weighted by molar-refractivity contribution is 0.0955. The largest absolute Gasteiger partial charge is 0.493 e. The fourth-order valence-corrected chi connectivity index (χ4v) is 2.84. The second kappa shape index (κ2) is 5.45. The van der Waals surface area contributed by atoms with Crippen molar-refractivity contribution in [1.82, 2.24) is 5.32 Å². The van der Waals surface area contributed by atoms with Gasteiger partial charge in [-0.05, 0) is 41.5 Å². The molecule has 0 spiro atoms. The van der Waals surface area contributed by atoms with E-state index in [4.69, 9.17) is 4.74 Å². The highest BCUT2D eigenvalue weighted by atomic mass is 32.1. The molecule has 2 heterocycles. The Morgan fingerprint density at radius 2 is 2.32 bits per heavy atom. The van der Waals surface area contributed by atoms with Crippen molar-refractivity contribution in [2.75, 3.05) is 6.61 Å². The van der Waals surface area contributed by atoms with E-state index in [9.17, 15) is 4.79 Å². The predicted molar refractivity (Wildman–Crippen MR) is 75.7 cm³/mol. The number of hydrogen-bond donors (Lipinski definition) is 1. The first-order valence-corrected chi connectivity index (χ1v) is 7.27. The normalized spacial score (nSPS) is 13.5. The van der Waals surface area contributed by atoms with Gasteiger partial charge in [0.15, 0.2) is 0 Å². The number of ether oxygens (including phenoxy) is 1. The molecule has 0 aliphatic carbocycles. The Morgan fingerprint density at radius 3 is 3.16 bits per heavy atom. The van der Waals surface area contributed by atoms with Gasteiger partial charge in [0.25, 0.3) is 5.91 Å². The average molecular weight is 273 g/mol. The van der Waals surface area contributed by atoms with Gasteiger partial charge >= 0.3 is 0 Å². The van der Waals surface area contributed by atoms with Crippen LogP contribution in [-0.2, 0) is 13.0 Å². The van der Waals surface area contributed by atoms with E-state index in [0.717, 1.165) is 35.6 Å². The Bertz CT molecular complexity index is 578. The summed E-state index contributed by atoms with van der Waals surface area (Å²) in [5.74, 6) is 0.976. The summed E-state index contributed by atoms with van der Waals surface area (Å²) in [6.07, 6.45) is 2.13. The standard InChI is InChI=1S/C15H15NO2S/c17-15(14-4-2-8-19-14)16-10-11-5-6-13-12(9-11)3-1-7-18-13/h2,4-6,8-9H,1,3,7,10H2,(H,16,17). The molecule has 0 unspecified atom stereocenters. The van der Waals surface area contributed by atoms with Gasteiger partial charge < -0.3 is 10.1 Å². The van der Waals surface area contributed by atoms with Crippen molar-refractivity contribution in [1.29, 1.82) is 0 Å². The number of nitrogens with one attached hydrogen (secondary N) is 1. The number of thiophene rings is 1. The van der Waals surface area contributed by atoms with Crippen LogP contribution in [0, 0.1) is 0 Å². The maximum Gasteiger partial charge on any atom is 0.261 e. The summed E-state index contributed by atoms with van der Waals surface area (Å²) in [6.45, 7) is 1.37. The van der Waals surface area contributed by atoms with Crippen molar-refractivity contribution in [2.45, 2.75) is 19.4 Å². The second-order valence-electron chi connectivity index (χ2n) is 4.55. The van der Waals surface area contributed by atoms with Crippen LogP contribution in [0.15, 0.2) is 35.7 Å². The van der Waals surface area contributed by atoms with Gasteiger partial charge in [-0.15, -0.1) is 11.3 Å². The second-order valence-corrected chi connectivity index (χ2v) is 5.50. The van der Waals surface area contributed by atoms with Gasteiger partial charge in [0.1, 0.15) is 5.75 Å². The first-order valence-electron chi connectivity index (χ1n) is 6.39. The molecule has 0 atom stereocenters. The number of amides is 1. The summed E-state index contributed by atoms with van der Waals surface area (Å²) in [7, 11) is 0. The average Bonchev–Trinajstić information content (AvgIpc) is 2.99. The molecule has 1 aliphatic heterocycles. The minimum absolute atomic E-state index is 0.0102. The molecule has 0 fully saturated rings. The van der Waals surface area contributed by atoms with Crippen molar-refractivity contribution in [3.05, 3.63) is 51.7 Å². The molecule has 19 heavy (non-hydrogen) atoms. The highest BCUT2D eigenvalue weighted by Crippen LogP contribution is 2.25. The van der Waals surface area contributed by atoms with Gasteiger partial charge in [0.2, 0.25) is 0 Å². The zero-order valence-corrected chi connectivity index (χ0v) is 11.3. The van der Waals surface area contributed by atoms with Crippen molar-refractivity contribution in [2.24, 2.45) is 0 Å². The molecule has 2 aromatic rings. The Hall–Kier alpha value is -1.81. The van der Waals surface area contributed by atoms with Crippen LogP contribution in [0.4, 0.5) is 0 Å². The summed E-state index contributed by atoms with van der Waals surface area (Å²) >= 11 is 1.46. The maximum absolute atomic E-state index is 11.8. The van der Waals surface area contributed by atoms with E-state index in [1.54, 1.807) is 0 Å². The van der Waals surface area contributed by atoms with Crippen molar-refractivity contribution >= 4 is 17.2 Å². The summed E-state index contributed by atoms with van der Waals surface area (Å²) in [5.41, 5.74) is 2.36. The Morgan fingerprint density at radius 1 is 1.37 bits per heavy atom. The molecule has 4 heteroatoms. The van der Waals surface area contributed by atoms with Crippen LogP contribution in [0.3, 0.4) is 0 Å². The Balaban J connectivity index is 1.65. The molecule has 98 valence electrons. The number of aryl methyl sites for hydroxylation is 1. The molecule has 3 rings (SSSR count). The molecule has 1 aliphatic rings. The molecule has 1 aromatic heterocycles. The van der Waals surface area contributed by atoms with Gasteiger partial charge in [-0.2, -0.15) is 0 Å². The number of rotatable bonds is 3. The minimum Gasteiger partial charge on any atom is -0.493 e. The quantitative estimate of drug-likeness (QED) is 0.933. The minimum atomic E-state index is -0.0102. The topological polar surface area (TPSA) is 38.3 Å². The zero-order valence-electron chi connectivity index (χ0n) is 10.5. The van der Waals surface area contributed by atoms with Gasteiger partial charge in [-0.1, -0.05) is 18.2 Å². The maximum atomic E-state index is 11.8. The number of benzene rings is 1. The summed E-state index contributed by atoms with van der Waals surface area (Å²) < 4.78 is 5.58. The van der Waals surface area contributed by atoms with Crippen LogP contribution in [0.1, 0.15) is 27.2 Å². The molecule has 3 nitrogen and oxygen atoms in total. The third-order valence-corrected chi connectivity index (χ3v) is 4.04. The fraction of sp³-hybridized carbons (Fsp3) is 0.267. The highest BCUT2D eigenvalue weighted by Gasteiger charge is 2.11. The molecular weight excluding hydrogens is 258 g/mol. The first-order chi connectivity index (χ1) is 9.33. The lowest BCUT2D eigenvalue weighted by Crippen LogP contribution is -2.22. The lowest BCUT2D eigenvalue weighted by atomic mass is 10.0. The van der Waals surface area contributed by atoms with Crippen molar-refractivity contribution < 1.29 is 9.53 Å². The van der Waals surface area contributed by atoms with Gasteiger partial charge in [-0.3, -0.25) is 4.79 Å². The molecular formula is C15H15NO2S. The molecule has 0 saturated heterocycles. The summed E-state index contributed by atoms with van der Waals surface area (Å²) in [6, 6.07) is 9.86. The fourth-order valence-electron chi connectivity index (χ4n) is 2.20. The van der Waals surface area contributed by atoms with Crippen LogP contribution in [0.5, 0.6) is 5.75 Å². The third-order valence-electron chi connectivity index (χ3n) is 3.17. The molecule has 1 aromatic carbocycles. The predicted octanol–water partition coefficient (Wildman–Crippen LogP) is 3.00. The van der Waals surface area contributed by atoms with E-state index >= 15 is 0 Å². The highest BCUT2D eigenvalue weighted by molar-refractivity contribution is 7.12. The molecule has 1 amide bonds. The SMILES string of the molecule is O=C(NCc1ccc2c(c1)CCCO2)c1cccs1. The first kappa shape index (κ1) is 12.2. The van der Waals surface area contributed by atoms with E-state index in [2.05, 4.69) is 11.4 Å². The van der Waals surface area contributed by atoms with Crippen LogP contribution < -0.4 is 10.1 Å². The van der Waals surface area contributed by atoms with E-state index in [1.807, 2.05) is 29.6 Å². The van der Waals surface area contributed by atoms with E-state index in [-0.39, 0.29) is 5.91 Å². The Kier molecular flexibility index (Phi) is 3.51. The monoisotopic (exact) mass is 273 g/mol. The third kappa shape index (κ3) is 2.79. The lowest BCUT2D eigenvalue weighted by Gasteiger charge is -2.17. The number of hydrogen-bond acceptors (Lipinski definition) is 3. The van der Waals surface area contributed by atoms with E-state index in [1.165, 1.54) is 16.9 Å². The number of carbonyl (C=O) groups excluding carboxylic acids is 1. The van der Waals surface area contributed by atoms with E-state index < -0.39 is 0 Å². The van der Waals surface area contributed by atoms with Crippen molar-refractivity contribution in [3.8, 4) is 5.75 Å². The smallest absolute Gasteiger partial charge is 0.261 e.